The molecule has 4 aliphatic carbocycles. The molecule has 4 saturated carbocycles. The molecule has 4 bridgehead atoms. The number of methoxy groups -OCH3 is 1. The highest BCUT2D eigenvalue weighted by Crippen LogP contribution is 2.49. The van der Waals surface area contributed by atoms with Gasteiger partial charge in [0.2, 0.25) is 0 Å². The van der Waals surface area contributed by atoms with Crippen molar-refractivity contribution in [2.24, 2.45) is 47.3 Å². The van der Waals surface area contributed by atoms with Crippen LogP contribution in [-0.4, -0.2) is 24.6 Å². The number of carbonyl (C=O) groups is 2. The van der Waals surface area contributed by atoms with Crippen LogP contribution in [0.2, 0.25) is 0 Å². The molecule has 0 aromatic heterocycles. The van der Waals surface area contributed by atoms with Gasteiger partial charge in [0, 0.05) is 0 Å². The van der Waals surface area contributed by atoms with E-state index in [1.807, 2.05) is 20.8 Å². The maximum atomic E-state index is 11.8. The van der Waals surface area contributed by atoms with Crippen LogP contribution in [0.25, 0.3) is 0 Å². The predicted octanol–water partition coefficient (Wildman–Crippen LogP) is 7.68. The second kappa shape index (κ2) is 13.7. The molecule has 0 N–H and O–H groups in total. The number of ether oxygens (including phenoxy) is 2. The van der Waals surface area contributed by atoms with Gasteiger partial charge in [0.05, 0.1) is 18.9 Å². The van der Waals surface area contributed by atoms with E-state index in [0.717, 1.165) is 36.5 Å². The fourth-order valence-electron chi connectivity index (χ4n) is 5.60. The number of esters is 2. The average Bonchev–Trinajstić information content (AvgIpc) is 3.46. The third kappa shape index (κ3) is 11.3. The Hall–Kier alpha value is -1.06. The maximum absolute atomic E-state index is 11.8. The number of carbonyl (C=O) groups excluding carboxylic acids is 2. The largest absolute Gasteiger partial charge is 0.469 e. The molecule has 0 aromatic rings. The second-order valence-electron chi connectivity index (χ2n) is 13.1. The molecule has 0 spiro atoms. The van der Waals surface area contributed by atoms with Crippen LogP contribution in [0, 0.1) is 47.3 Å². The number of hydrogen-bond donors (Lipinski definition) is 0. The minimum atomic E-state index is -0.321. The first-order valence-corrected chi connectivity index (χ1v) is 13.5. The third-order valence-corrected chi connectivity index (χ3v) is 6.69. The molecule has 0 saturated heterocycles. The Balaban J connectivity index is 0.000000254. The lowest BCUT2D eigenvalue weighted by Gasteiger charge is -2.26. The fraction of sp³-hybridized carbons (Fsp3) is 0.931. The van der Waals surface area contributed by atoms with Crippen LogP contribution in [-0.2, 0) is 19.1 Å². The van der Waals surface area contributed by atoms with E-state index in [9.17, 15) is 9.59 Å². The first kappa shape index (κ1) is 30.0. The van der Waals surface area contributed by atoms with Crippen LogP contribution in [0.4, 0.5) is 0 Å². The summed E-state index contributed by atoms with van der Waals surface area (Å²) in [6, 6.07) is 0. The van der Waals surface area contributed by atoms with E-state index in [1.54, 1.807) is 0 Å². The van der Waals surface area contributed by atoms with Gasteiger partial charge in [0.15, 0.2) is 0 Å². The molecule has 0 radical (unpaired) electrons. The van der Waals surface area contributed by atoms with Crippen LogP contribution < -0.4 is 0 Å². The summed E-state index contributed by atoms with van der Waals surface area (Å²) in [5, 5.41) is 0. The van der Waals surface area contributed by atoms with Gasteiger partial charge in [-0.25, -0.2) is 0 Å². The van der Waals surface area contributed by atoms with Gasteiger partial charge in [0.25, 0.3) is 0 Å². The summed E-state index contributed by atoms with van der Waals surface area (Å²) >= 11 is 0. The lowest BCUT2D eigenvalue weighted by molar-refractivity contribution is -0.161. The van der Waals surface area contributed by atoms with Gasteiger partial charge < -0.3 is 9.47 Å². The van der Waals surface area contributed by atoms with E-state index < -0.39 is 0 Å². The van der Waals surface area contributed by atoms with E-state index in [4.69, 9.17) is 9.47 Å². The van der Waals surface area contributed by atoms with Crippen LogP contribution >= 0.6 is 0 Å². The standard InChI is InChI=1S/C12H20O2.C9H14O2.2C4H10/c1-12(2,3)14-11(13)10-7-8-4-5-9(10)6-8;1-11-9(10)8-5-6-2-3-7(8)4-6;2*1-4(2)3/h8-10H,4-7H2,1-3H3;6-8H,2-5H2,1H3;2*4H,1-3H3. The van der Waals surface area contributed by atoms with Crippen molar-refractivity contribution in [2.45, 2.75) is 119 Å². The van der Waals surface area contributed by atoms with Crippen LogP contribution in [0.3, 0.4) is 0 Å². The molecule has 4 rings (SSSR count). The van der Waals surface area contributed by atoms with Gasteiger partial charge in [-0.1, -0.05) is 54.4 Å². The Morgan fingerprint density at radius 3 is 1.27 bits per heavy atom. The molecule has 194 valence electrons. The third-order valence-electron chi connectivity index (χ3n) is 6.69. The molecular formula is C29H54O4. The van der Waals surface area contributed by atoms with Gasteiger partial charge in [-0.15, -0.1) is 0 Å². The van der Waals surface area contributed by atoms with Crippen molar-refractivity contribution in [3.05, 3.63) is 0 Å². The molecule has 33 heavy (non-hydrogen) atoms. The first-order valence-electron chi connectivity index (χ1n) is 13.5. The highest BCUT2D eigenvalue weighted by molar-refractivity contribution is 5.74. The van der Waals surface area contributed by atoms with Gasteiger partial charge >= 0.3 is 11.9 Å². The molecule has 6 unspecified atom stereocenters. The highest BCUT2D eigenvalue weighted by atomic mass is 16.6. The van der Waals surface area contributed by atoms with E-state index in [0.29, 0.717) is 11.8 Å². The molecular weight excluding hydrogens is 412 g/mol. The minimum Gasteiger partial charge on any atom is -0.469 e. The topological polar surface area (TPSA) is 52.6 Å². The van der Waals surface area contributed by atoms with Crippen molar-refractivity contribution in [2.75, 3.05) is 7.11 Å². The lowest BCUT2D eigenvalue weighted by atomic mass is 9.89. The molecule has 4 heteroatoms. The SMILES string of the molecule is CC(C)(C)OC(=O)C1CC2CCC1C2.CC(C)C.CC(C)C.COC(=O)C1CC2CCC1C2. The molecule has 0 heterocycles. The normalized spacial score (nSPS) is 31.2. The lowest BCUT2D eigenvalue weighted by Crippen LogP contribution is -2.31. The minimum absolute atomic E-state index is 0.0252. The second-order valence-corrected chi connectivity index (χ2v) is 13.1. The van der Waals surface area contributed by atoms with Crippen LogP contribution in [0.1, 0.15) is 114 Å². The van der Waals surface area contributed by atoms with E-state index in [-0.39, 0.29) is 29.4 Å². The quantitative estimate of drug-likeness (QED) is 0.391. The zero-order valence-corrected chi connectivity index (χ0v) is 23.4. The van der Waals surface area contributed by atoms with Crippen LogP contribution in [0.15, 0.2) is 0 Å². The first-order chi connectivity index (χ1) is 15.2. The summed E-state index contributed by atoms with van der Waals surface area (Å²) in [5.41, 5.74) is -0.321. The predicted molar refractivity (Wildman–Crippen MR) is 137 cm³/mol. The number of hydrogen-bond acceptors (Lipinski definition) is 4. The zero-order valence-electron chi connectivity index (χ0n) is 23.4. The Labute approximate surface area is 205 Å². The molecule has 0 aliphatic heterocycles. The van der Waals surface area contributed by atoms with Gasteiger partial charge in [-0.2, -0.15) is 0 Å². The van der Waals surface area contributed by atoms with E-state index in [2.05, 4.69) is 41.5 Å². The van der Waals surface area contributed by atoms with Crippen molar-refractivity contribution in [3.63, 3.8) is 0 Å². The molecule has 4 aliphatic rings. The zero-order chi connectivity index (χ0) is 25.3. The molecule has 4 fully saturated rings. The summed E-state index contributed by atoms with van der Waals surface area (Å²) in [6.07, 6.45) is 9.90. The van der Waals surface area contributed by atoms with Crippen molar-refractivity contribution in [3.8, 4) is 0 Å². The van der Waals surface area contributed by atoms with Crippen molar-refractivity contribution in [1.29, 1.82) is 0 Å². The van der Waals surface area contributed by atoms with Crippen LogP contribution in [0.5, 0.6) is 0 Å². The fourth-order valence-corrected chi connectivity index (χ4v) is 5.60. The Morgan fingerprint density at radius 1 is 0.667 bits per heavy atom. The van der Waals surface area contributed by atoms with Gasteiger partial charge in [-0.3, -0.25) is 9.59 Å². The monoisotopic (exact) mass is 466 g/mol. The van der Waals surface area contributed by atoms with Crippen molar-refractivity contribution >= 4 is 11.9 Å². The summed E-state index contributed by atoms with van der Waals surface area (Å²) < 4.78 is 10.2. The summed E-state index contributed by atoms with van der Waals surface area (Å²) in [6.45, 7) is 18.8. The van der Waals surface area contributed by atoms with E-state index >= 15 is 0 Å². The maximum Gasteiger partial charge on any atom is 0.309 e. The smallest absolute Gasteiger partial charge is 0.309 e. The van der Waals surface area contributed by atoms with Gasteiger partial charge in [0.1, 0.15) is 5.60 Å². The summed E-state index contributed by atoms with van der Waals surface area (Å²) in [4.78, 5) is 23.0. The average molecular weight is 467 g/mol. The Morgan fingerprint density at radius 2 is 1.03 bits per heavy atom. The molecule has 6 atom stereocenters. The highest BCUT2D eigenvalue weighted by Gasteiger charge is 2.45. The Bertz CT molecular complexity index is 577. The summed E-state index contributed by atoms with van der Waals surface area (Å²) in [5.74, 6) is 5.15. The van der Waals surface area contributed by atoms with Crippen molar-refractivity contribution < 1.29 is 19.1 Å². The van der Waals surface area contributed by atoms with Gasteiger partial charge in [-0.05, 0) is 94.8 Å². The number of rotatable bonds is 2. The number of fused-ring (bicyclic) bond motifs is 4. The van der Waals surface area contributed by atoms with Crippen molar-refractivity contribution in [1.82, 2.24) is 0 Å². The molecule has 0 aromatic carbocycles. The summed E-state index contributed by atoms with van der Waals surface area (Å²) in [7, 11) is 1.49. The molecule has 4 nitrogen and oxygen atoms in total. The van der Waals surface area contributed by atoms with E-state index in [1.165, 1.54) is 45.6 Å². The molecule has 0 amide bonds. The Kier molecular flexibility index (Phi) is 12.5.